The topological polar surface area (TPSA) is 38.5 Å². The van der Waals surface area contributed by atoms with Crippen molar-refractivity contribution in [3.8, 4) is 0 Å². The normalized spacial score (nSPS) is 19.0. The molecule has 2 N–H and O–H groups in total. The van der Waals surface area contributed by atoms with Crippen molar-refractivity contribution in [3.05, 3.63) is 0 Å². The van der Waals surface area contributed by atoms with E-state index in [1.807, 2.05) is 0 Å². The molecule has 1 aliphatic rings. The van der Waals surface area contributed by atoms with E-state index in [0.29, 0.717) is 6.54 Å². The van der Waals surface area contributed by atoms with Crippen LogP contribution in [0.3, 0.4) is 0 Å². The molecule has 1 rings (SSSR count). The summed E-state index contributed by atoms with van der Waals surface area (Å²) in [4.78, 5) is 2.64. The molecule has 1 fully saturated rings. The summed E-state index contributed by atoms with van der Waals surface area (Å²) in [6.07, 6.45) is 7.00. The average molecular weight is 256 g/mol. The first kappa shape index (κ1) is 15.9. The lowest BCUT2D eigenvalue weighted by atomic mass is 10.1. The fourth-order valence-corrected chi connectivity index (χ4v) is 2.81. The Morgan fingerprint density at radius 3 is 2.44 bits per heavy atom. The molecule has 18 heavy (non-hydrogen) atoms. The molecular weight excluding hydrogens is 224 g/mol. The summed E-state index contributed by atoms with van der Waals surface area (Å²) in [5.41, 5.74) is 5.81. The monoisotopic (exact) mass is 256 g/mol. The van der Waals surface area contributed by atoms with E-state index in [1.54, 1.807) is 0 Å². The van der Waals surface area contributed by atoms with Crippen molar-refractivity contribution in [1.82, 2.24) is 4.90 Å². The van der Waals surface area contributed by atoms with Crippen molar-refractivity contribution in [1.29, 1.82) is 0 Å². The standard InChI is InChI=1S/C15H32N2O/c1-4-18-15(11-16)12-17(10-9-13(2)3)14-7-5-6-8-14/h13-15H,4-12,16H2,1-3H3. The van der Waals surface area contributed by atoms with Gasteiger partial charge in [-0.2, -0.15) is 0 Å². The van der Waals surface area contributed by atoms with Crippen LogP contribution in [-0.2, 0) is 4.74 Å². The van der Waals surface area contributed by atoms with Gasteiger partial charge in [-0.05, 0) is 38.6 Å². The maximum Gasteiger partial charge on any atom is 0.0823 e. The number of nitrogens with zero attached hydrogens (tertiary/aromatic N) is 1. The smallest absolute Gasteiger partial charge is 0.0823 e. The van der Waals surface area contributed by atoms with Crippen molar-refractivity contribution in [2.75, 3.05) is 26.2 Å². The van der Waals surface area contributed by atoms with E-state index in [2.05, 4.69) is 25.7 Å². The van der Waals surface area contributed by atoms with Gasteiger partial charge in [0.1, 0.15) is 0 Å². The SMILES string of the molecule is CCOC(CN)CN(CCC(C)C)C1CCCC1. The molecule has 1 saturated carbocycles. The van der Waals surface area contributed by atoms with Gasteiger partial charge in [-0.3, -0.25) is 4.90 Å². The summed E-state index contributed by atoms with van der Waals surface area (Å²) in [5.74, 6) is 0.775. The highest BCUT2D eigenvalue weighted by Crippen LogP contribution is 2.24. The van der Waals surface area contributed by atoms with Crippen LogP contribution in [0.25, 0.3) is 0 Å². The van der Waals surface area contributed by atoms with Crippen LogP contribution in [0.4, 0.5) is 0 Å². The molecule has 0 heterocycles. The van der Waals surface area contributed by atoms with Crippen LogP contribution in [0.1, 0.15) is 52.9 Å². The van der Waals surface area contributed by atoms with Gasteiger partial charge in [0.25, 0.3) is 0 Å². The fraction of sp³-hybridized carbons (Fsp3) is 1.00. The Morgan fingerprint density at radius 1 is 1.28 bits per heavy atom. The third kappa shape index (κ3) is 5.68. The Morgan fingerprint density at radius 2 is 1.94 bits per heavy atom. The molecule has 1 unspecified atom stereocenters. The molecule has 3 heteroatoms. The molecule has 108 valence electrons. The van der Waals surface area contributed by atoms with Crippen molar-refractivity contribution in [3.63, 3.8) is 0 Å². The molecule has 0 bridgehead atoms. The van der Waals surface area contributed by atoms with Crippen molar-refractivity contribution < 1.29 is 4.74 Å². The van der Waals surface area contributed by atoms with Gasteiger partial charge >= 0.3 is 0 Å². The number of ether oxygens (including phenoxy) is 1. The summed E-state index contributed by atoms with van der Waals surface area (Å²) in [5, 5.41) is 0. The van der Waals surface area contributed by atoms with Crippen LogP contribution < -0.4 is 5.73 Å². The van der Waals surface area contributed by atoms with Gasteiger partial charge in [0.05, 0.1) is 6.10 Å². The lowest BCUT2D eigenvalue weighted by molar-refractivity contribution is 0.0264. The molecule has 0 amide bonds. The predicted octanol–water partition coefficient (Wildman–Crippen LogP) is 2.64. The molecule has 3 nitrogen and oxygen atoms in total. The second-order valence-electron chi connectivity index (χ2n) is 5.93. The zero-order valence-electron chi connectivity index (χ0n) is 12.5. The van der Waals surface area contributed by atoms with E-state index >= 15 is 0 Å². The molecule has 0 saturated heterocycles. The molecule has 0 aromatic carbocycles. The van der Waals surface area contributed by atoms with E-state index < -0.39 is 0 Å². The van der Waals surface area contributed by atoms with Gasteiger partial charge in [0.15, 0.2) is 0 Å². The molecule has 0 spiro atoms. The van der Waals surface area contributed by atoms with Gasteiger partial charge in [0, 0.05) is 25.7 Å². The minimum Gasteiger partial charge on any atom is -0.376 e. The van der Waals surface area contributed by atoms with E-state index in [4.69, 9.17) is 10.5 Å². The van der Waals surface area contributed by atoms with Crippen LogP contribution in [0, 0.1) is 5.92 Å². The molecule has 0 aromatic heterocycles. The molecule has 0 radical (unpaired) electrons. The van der Waals surface area contributed by atoms with Gasteiger partial charge in [-0.25, -0.2) is 0 Å². The zero-order valence-corrected chi connectivity index (χ0v) is 12.5. The minimum atomic E-state index is 0.211. The van der Waals surface area contributed by atoms with Crippen molar-refractivity contribution in [2.24, 2.45) is 11.7 Å². The maximum absolute atomic E-state index is 5.81. The predicted molar refractivity (Wildman–Crippen MR) is 77.8 cm³/mol. The Kier molecular flexibility index (Phi) is 7.87. The molecule has 1 atom stereocenters. The van der Waals surface area contributed by atoms with Gasteiger partial charge < -0.3 is 10.5 Å². The van der Waals surface area contributed by atoms with Crippen LogP contribution >= 0.6 is 0 Å². The fourth-order valence-electron chi connectivity index (χ4n) is 2.81. The highest BCUT2D eigenvalue weighted by molar-refractivity contribution is 4.80. The Bertz CT molecular complexity index is 203. The first-order valence-corrected chi connectivity index (χ1v) is 7.73. The lowest BCUT2D eigenvalue weighted by Crippen LogP contribution is -2.43. The van der Waals surface area contributed by atoms with Gasteiger partial charge in [-0.1, -0.05) is 26.7 Å². The van der Waals surface area contributed by atoms with Gasteiger partial charge in [0.2, 0.25) is 0 Å². The van der Waals surface area contributed by atoms with E-state index in [1.165, 1.54) is 38.6 Å². The molecule has 0 aromatic rings. The van der Waals surface area contributed by atoms with Crippen molar-refractivity contribution in [2.45, 2.75) is 65.0 Å². The van der Waals surface area contributed by atoms with E-state index in [9.17, 15) is 0 Å². The third-order valence-electron chi connectivity index (χ3n) is 3.94. The van der Waals surface area contributed by atoms with E-state index in [-0.39, 0.29) is 6.10 Å². The Labute approximate surface area is 113 Å². The number of hydrogen-bond acceptors (Lipinski definition) is 3. The van der Waals surface area contributed by atoms with Crippen LogP contribution in [0.5, 0.6) is 0 Å². The Hall–Kier alpha value is -0.120. The quantitative estimate of drug-likeness (QED) is 0.689. The first-order valence-electron chi connectivity index (χ1n) is 7.73. The summed E-state index contributed by atoms with van der Waals surface area (Å²) in [6, 6.07) is 0.776. The maximum atomic E-state index is 5.81. The van der Waals surface area contributed by atoms with Crippen LogP contribution in [-0.4, -0.2) is 43.3 Å². The zero-order chi connectivity index (χ0) is 13.4. The summed E-state index contributed by atoms with van der Waals surface area (Å²) in [6.45, 7) is 10.3. The van der Waals surface area contributed by atoms with Gasteiger partial charge in [-0.15, -0.1) is 0 Å². The van der Waals surface area contributed by atoms with E-state index in [0.717, 1.165) is 25.1 Å². The van der Waals surface area contributed by atoms with Crippen LogP contribution in [0.15, 0.2) is 0 Å². The highest BCUT2D eigenvalue weighted by Gasteiger charge is 2.24. The second kappa shape index (κ2) is 8.89. The highest BCUT2D eigenvalue weighted by atomic mass is 16.5. The third-order valence-corrected chi connectivity index (χ3v) is 3.94. The summed E-state index contributed by atoms with van der Waals surface area (Å²) < 4.78 is 5.72. The summed E-state index contributed by atoms with van der Waals surface area (Å²) in [7, 11) is 0. The molecule has 0 aliphatic heterocycles. The number of rotatable bonds is 9. The minimum absolute atomic E-state index is 0.211. The Balaban J connectivity index is 2.46. The number of nitrogens with two attached hydrogens (primary N) is 1. The molecule has 1 aliphatic carbocycles. The van der Waals surface area contributed by atoms with Crippen LogP contribution in [0.2, 0.25) is 0 Å². The van der Waals surface area contributed by atoms with Crippen molar-refractivity contribution >= 4 is 0 Å². The average Bonchev–Trinajstić information content (AvgIpc) is 2.86. The lowest BCUT2D eigenvalue weighted by Gasteiger charge is -2.32. The second-order valence-corrected chi connectivity index (χ2v) is 5.93. The summed E-state index contributed by atoms with van der Waals surface area (Å²) >= 11 is 0. The number of hydrogen-bond donors (Lipinski definition) is 1. The largest absolute Gasteiger partial charge is 0.376 e. The first-order chi connectivity index (χ1) is 8.67. The molecular formula is C15H32N2O.